The van der Waals surface area contributed by atoms with E-state index >= 15 is 0 Å². The highest BCUT2D eigenvalue weighted by molar-refractivity contribution is 9.10. The van der Waals surface area contributed by atoms with Gasteiger partial charge < -0.3 is 5.11 Å². The van der Waals surface area contributed by atoms with Crippen molar-refractivity contribution >= 4 is 28.1 Å². The van der Waals surface area contributed by atoms with Gasteiger partial charge >= 0.3 is 6.18 Å². The molecule has 0 spiro atoms. The average Bonchev–Trinajstić information content (AvgIpc) is 2.95. The van der Waals surface area contributed by atoms with Gasteiger partial charge in [0.05, 0.1) is 23.1 Å². The number of carbonyl (C=O) groups is 1. The van der Waals surface area contributed by atoms with E-state index in [1.165, 1.54) is 17.8 Å². The Balaban J connectivity index is 2.13. The quantitative estimate of drug-likeness (QED) is 0.883. The summed E-state index contributed by atoms with van der Waals surface area (Å²) in [4.78, 5) is 12.1. The van der Waals surface area contributed by atoms with Gasteiger partial charge in [-0.3, -0.25) is 9.48 Å². The molecule has 2 heterocycles. The lowest BCUT2D eigenvalue weighted by atomic mass is 10.1. The molecule has 21 heavy (non-hydrogen) atoms. The molecule has 2 atom stereocenters. The molecule has 0 saturated heterocycles. The van der Waals surface area contributed by atoms with Crippen molar-refractivity contribution in [2.45, 2.75) is 31.8 Å². The molecule has 1 aromatic heterocycles. The third kappa shape index (κ3) is 2.95. The minimum Gasteiger partial charge on any atom is -0.362 e. The maximum Gasteiger partial charge on any atom is 0.438 e. The second-order valence-electron chi connectivity index (χ2n) is 4.75. The third-order valence-electron chi connectivity index (χ3n) is 3.07. The lowest BCUT2D eigenvalue weighted by Crippen LogP contribution is -2.57. The maximum absolute atomic E-state index is 12.9. The minimum atomic E-state index is -4.98. The van der Waals surface area contributed by atoms with Crippen molar-refractivity contribution in [3.8, 4) is 0 Å². The zero-order valence-electron chi connectivity index (χ0n) is 10.9. The van der Waals surface area contributed by atoms with Crippen molar-refractivity contribution in [3.05, 3.63) is 16.9 Å². The van der Waals surface area contributed by atoms with Gasteiger partial charge in [0, 0.05) is 18.8 Å². The zero-order valence-corrected chi connectivity index (χ0v) is 12.5. The number of alkyl halides is 3. The van der Waals surface area contributed by atoms with Gasteiger partial charge in [-0.1, -0.05) is 6.92 Å². The fraction of sp³-hybridized carbons (Fsp3) is 0.545. The lowest BCUT2D eigenvalue weighted by molar-refractivity contribution is -0.303. The first kappa shape index (κ1) is 16.0. The van der Waals surface area contributed by atoms with Crippen LogP contribution in [0.2, 0.25) is 0 Å². The Bertz CT molecular complexity index is 574. The number of carbonyl (C=O) groups excluding carboxylic acids is 1. The molecule has 1 aromatic rings. The van der Waals surface area contributed by atoms with E-state index in [-0.39, 0.29) is 11.6 Å². The molecule has 1 amide bonds. The number of rotatable bonds is 3. The number of hydrazone groups is 1. The molecule has 0 fully saturated rings. The van der Waals surface area contributed by atoms with Gasteiger partial charge in [0.15, 0.2) is 0 Å². The molecule has 0 aromatic carbocycles. The molecule has 0 bridgehead atoms. The molecule has 1 aliphatic rings. The Morgan fingerprint density at radius 3 is 2.81 bits per heavy atom. The monoisotopic (exact) mass is 368 g/mol. The van der Waals surface area contributed by atoms with Crippen LogP contribution in [0.3, 0.4) is 0 Å². The van der Waals surface area contributed by atoms with Crippen LogP contribution < -0.4 is 0 Å². The standard InChI is InChI=1S/C11H12BrF3N4O2/c1-7(5-18-6-8(12)4-17-18)9(20)19-10(21,2-3-16-19)11(13,14)15/h3-4,6-7,21H,2,5H2,1H3/t7-,10+/m1/s1. The summed E-state index contributed by atoms with van der Waals surface area (Å²) >= 11 is 3.18. The Kier molecular flexibility index (Phi) is 4.11. The van der Waals surface area contributed by atoms with Crippen LogP contribution in [0.25, 0.3) is 0 Å². The molecule has 1 N–H and O–H groups in total. The first-order valence-electron chi connectivity index (χ1n) is 5.99. The van der Waals surface area contributed by atoms with Crippen LogP contribution in [0, 0.1) is 5.92 Å². The molecule has 2 rings (SSSR count). The summed E-state index contributed by atoms with van der Waals surface area (Å²) in [6.07, 6.45) is -1.79. The van der Waals surface area contributed by atoms with Crippen molar-refractivity contribution in [2.75, 3.05) is 0 Å². The predicted molar refractivity (Wildman–Crippen MR) is 70.1 cm³/mol. The van der Waals surface area contributed by atoms with Crippen LogP contribution in [0.15, 0.2) is 22.0 Å². The second kappa shape index (κ2) is 5.41. The summed E-state index contributed by atoms with van der Waals surface area (Å²) in [6, 6.07) is 0. The van der Waals surface area contributed by atoms with Crippen molar-refractivity contribution in [1.29, 1.82) is 0 Å². The maximum atomic E-state index is 12.9. The number of nitrogens with zero attached hydrogens (tertiary/aromatic N) is 4. The van der Waals surface area contributed by atoms with Crippen LogP contribution in [0.5, 0.6) is 0 Å². The van der Waals surface area contributed by atoms with Gasteiger partial charge in [-0.2, -0.15) is 28.4 Å². The third-order valence-corrected chi connectivity index (χ3v) is 3.48. The lowest BCUT2D eigenvalue weighted by Gasteiger charge is -2.33. The predicted octanol–water partition coefficient (Wildman–Crippen LogP) is 1.75. The molecule has 0 aliphatic carbocycles. The number of hydrogen-bond acceptors (Lipinski definition) is 4. The summed E-state index contributed by atoms with van der Waals surface area (Å²) in [6.45, 7) is 1.52. The summed E-state index contributed by atoms with van der Waals surface area (Å²) < 4.78 is 40.8. The van der Waals surface area contributed by atoms with E-state index in [0.717, 1.165) is 6.21 Å². The highest BCUT2D eigenvalue weighted by Gasteiger charge is 2.61. The molecule has 0 radical (unpaired) electrons. The number of hydrogen-bond donors (Lipinski definition) is 1. The number of amides is 1. The van der Waals surface area contributed by atoms with Gasteiger partial charge in [-0.05, 0) is 15.9 Å². The van der Waals surface area contributed by atoms with Crippen LogP contribution in [0.4, 0.5) is 13.2 Å². The Morgan fingerprint density at radius 2 is 2.29 bits per heavy atom. The van der Waals surface area contributed by atoms with Gasteiger partial charge in [-0.15, -0.1) is 0 Å². The van der Waals surface area contributed by atoms with E-state index in [9.17, 15) is 23.1 Å². The van der Waals surface area contributed by atoms with E-state index in [1.807, 2.05) is 0 Å². The molecule has 0 saturated carbocycles. The molecular weight excluding hydrogens is 357 g/mol. The van der Waals surface area contributed by atoms with Gasteiger partial charge in [0.1, 0.15) is 0 Å². The van der Waals surface area contributed by atoms with E-state index in [0.29, 0.717) is 4.47 Å². The van der Waals surface area contributed by atoms with Crippen molar-refractivity contribution < 1.29 is 23.1 Å². The number of halogens is 4. The Hall–Kier alpha value is -1.42. The average molecular weight is 369 g/mol. The van der Waals surface area contributed by atoms with Crippen LogP contribution in [-0.2, 0) is 11.3 Å². The van der Waals surface area contributed by atoms with Gasteiger partial charge in [-0.25, -0.2) is 0 Å². The van der Waals surface area contributed by atoms with Crippen LogP contribution in [-0.4, -0.2) is 43.9 Å². The Morgan fingerprint density at radius 1 is 1.62 bits per heavy atom. The van der Waals surface area contributed by atoms with E-state index in [4.69, 9.17) is 0 Å². The molecule has 0 unspecified atom stereocenters. The fourth-order valence-corrected chi connectivity index (χ4v) is 2.24. The number of aliphatic hydroxyl groups is 1. The first-order valence-corrected chi connectivity index (χ1v) is 6.78. The van der Waals surface area contributed by atoms with Crippen molar-refractivity contribution in [3.63, 3.8) is 0 Å². The summed E-state index contributed by atoms with van der Waals surface area (Å²) in [5.74, 6) is -1.75. The zero-order chi connectivity index (χ0) is 15.8. The van der Waals surface area contributed by atoms with Crippen molar-refractivity contribution in [1.82, 2.24) is 14.8 Å². The van der Waals surface area contributed by atoms with E-state index in [1.54, 1.807) is 6.20 Å². The summed E-state index contributed by atoms with van der Waals surface area (Å²) in [7, 11) is 0. The topological polar surface area (TPSA) is 70.7 Å². The highest BCUT2D eigenvalue weighted by atomic mass is 79.9. The molecule has 116 valence electrons. The van der Waals surface area contributed by atoms with Gasteiger partial charge in [0.25, 0.3) is 5.72 Å². The van der Waals surface area contributed by atoms with Crippen LogP contribution in [0.1, 0.15) is 13.3 Å². The summed E-state index contributed by atoms with van der Waals surface area (Å²) in [5.41, 5.74) is -3.27. The number of aromatic nitrogens is 2. The molecule has 10 heteroatoms. The fourth-order valence-electron chi connectivity index (χ4n) is 1.91. The van der Waals surface area contributed by atoms with E-state index < -0.39 is 30.1 Å². The highest BCUT2D eigenvalue weighted by Crippen LogP contribution is 2.39. The minimum absolute atomic E-state index is 0.0738. The largest absolute Gasteiger partial charge is 0.438 e. The van der Waals surface area contributed by atoms with E-state index in [2.05, 4.69) is 26.1 Å². The Labute approximate surface area is 126 Å². The molecular formula is C11H12BrF3N4O2. The smallest absolute Gasteiger partial charge is 0.362 e. The molecule has 1 aliphatic heterocycles. The second-order valence-corrected chi connectivity index (χ2v) is 5.66. The summed E-state index contributed by atoms with van der Waals surface area (Å²) in [5, 5.41) is 17.1. The molecule has 6 nitrogen and oxygen atoms in total. The van der Waals surface area contributed by atoms with Gasteiger partial charge in [0.2, 0.25) is 5.91 Å². The van der Waals surface area contributed by atoms with Crippen LogP contribution >= 0.6 is 15.9 Å². The SMILES string of the molecule is C[C@H](Cn1cc(Br)cn1)C(=O)N1N=CC[C@]1(O)C(F)(F)F. The van der Waals surface area contributed by atoms with Crippen molar-refractivity contribution in [2.24, 2.45) is 11.0 Å². The normalized spacial score (nSPS) is 23.6. The first-order chi connectivity index (χ1) is 9.65.